The standard InChI is InChI=1S/C13H13F3N2O2S2/c1-6(2)11-17-4-8(22-11)12(19)20-5-9-10(13(14,15)16)18-7(3)21-9/h4,6H,5H2,1-3H3. The molecular formula is C13H13F3N2O2S2. The summed E-state index contributed by atoms with van der Waals surface area (Å²) < 4.78 is 43.3. The van der Waals surface area contributed by atoms with Crippen LogP contribution >= 0.6 is 22.7 Å². The quantitative estimate of drug-likeness (QED) is 0.767. The summed E-state index contributed by atoms with van der Waals surface area (Å²) >= 11 is 2.05. The van der Waals surface area contributed by atoms with Crippen LogP contribution in [0.2, 0.25) is 0 Å². The molecule has 2 aromatic rings. The maximum Gasteiger partial charge on any atom is 0.434 e. The lowest BCUT2D eigenvalue weighted by molar-refractivity contribution is -0.141. The number of thiazole rings is 2. The van der Waals surface area contributed by atoms with Gasteiger partial charge in [0.1, 0.15) is 11.5 Å². The molecule has 0 N–H and O–H groups in total. The zero-order valence-electron chi connectivity index (χ0n) is 12.0. The van der Waals surface area contributed by atoms with Gasteiger partial charge in [0.2, 0.25) is 0 Å². The van der Waals surface area contributed by atoms with E-state index in [1.54, 1.807) is 0 Å². The molecule has 2 heterocycles. The first kappa shape index (κ1) is 16.9. The van der Waals surface area contributed by atoms with Gasteiger partial charge >= 0.3 is 12.1 Å². The van der Waals surface area contributed by atoms with E-state index >= 15 is 0 Å². The molecule has 120 valence electrons. The highest BCUT2D eigenvalue weighted by Gasteiger charge is 2.37. The van der Waals surface area contributed by atoms with Crippen LogP contribution in [0.1, 0.15) is 50.0 Å². The lowest BCUT2D eigenvalue weighted by Crippen LogP contribution is -2.11. The Kier molecular flexibility index (Phi) is 4.86. The van der Waals surface area contributed by atoms with Gasteiger partial charge in [-0.15, -0.1) is 22.7 Å². The minimum absolute atomic E-state index is 0.105. The normalized spacial score (nSPS) is 12.0. The van der Waals surface area contributed by atoms with Gasteiger partial charge in [0.05, 0.1) is 21.1 Å². The summed E-state index contributed by atoms with van der Waals surface area (Å²) in [5.74, 6) is -0.504. The summed E-state index contributed by atoms with van der Waals surface area (Å²) in [6.07, 6.45) is -3.17. The first-order chi connectivity index (χ1) is 10.2. The van der Waals surface area contributed by atoms with Crippen LogP contribution in [0.25, 0.3) is 0 Å². The van der Waals surface area contributed by atoms with Crippen LogP contribution in [0.5, 0.6) is 0 Å². The maximum atomic E-state index is 12.8. The van der Waals surface area contributed by atoms with Gasteiger partial charge in [-0.05, 0) is 6.92 Å². The van der Waals surface area contributed by atoms with Gasteiger partial charge in [0.25, 0.3) is 0 Å². The Labute approximate surface area is 133 Å². The molecule has 0 bridgehead atoms. The third-order valence-corrected chi connectivity index (χ3v) is 4.85. The summed E-state index contributed by atoms with van der Waals surface area (Å²) in [5, 5.41) is 1.05. The summed E-state index contributed by atoms with van der Waals surface area (Å²) in [4.78, 5) is 19.6. The van der Waals surface area contributed by atoms with Crippen molar-refractivity contribution in [3.63, 3.8) is 0 Å². The van der Waals surface area contributed by atoms with Crippen molar-refractivity contribution in [3.8, 4) is 0 Å². The highest BCUT2D eigenvalue weighted by atomic mass is 32.1. The largest absolute Gasteiger partial charge is 0.456 e. The maximum absolute atomic E-state index is 12.8. The summed E-state index contributed by atoms with van der Waals surface area (Å²) in [6, 6.07) is 0. The number of halogens is 3. The van der Waals surface area contributed by atoms with Crippen LogP contribution in [0, 0.1) is 6.92 Å². The Balaban J connectivity index is 2.08. The summed E-state index contributed by atoms with van der Waals surface area (Å²) in [7, 11) is 0. The van der Waals surface area contributed by atoms with Crippen molar-refractivity contribution in [2.45, 2.75) is 39.5 Å². The third kappa shape index (κ3) is 3.83. The highest BCUT2D eigenvalue weighted by Crippen LogP contribution is 2.34. The summed E-state index contributed by atoms with van der Waals surface area (Å²) in [6.45, 7) is 4.89. The van der Waals surface area contributed by atoms with E-state index < -0.39 is 24.4 Å². The number of hydrogen-bond acceptors (Lipinski definition) is 6. The third-order valence-electron chi connectivity index (χ3n) is 2.63. The van der Waals surface area contributed by atoms with Crippen molar-refractivity contribution in [1.82, 2.24) is 9.97 Å². The number of alkyl halides is 3. The molecule has 2 aromatic heterocycles. The predicted molar refractivity (Wildman–Crippen MR) is 77.2 cm³/mol. The van der Waals surface area contributed by atoms with Crippen LogP contribution in [0.3, 0.4) is 0 Å². The first-order valence-corrected chi connectivity index (χ1v) is 7.98. The smallest absolute Gasteiger partial charge is 0.434 e. The lowest BCUT2D eigenvalue weighted by Gasteiger charge is -2.06. The monoisotopic (exact) mass is 350 g/mol. The molecule has 0 aliphatic heterocycles. The predicted octanol–water partition coefficient (Wildman–Crippen LogP) is 4.41. The van der Waals surface area contributed by atoms with E-state index in [4.69, 9.17) is 4.74 Å². The van der Waals surface area contributed by atoms with Crippen molar-refractivity contribution in [2.75, 3.05) is 0 Å². The van der Waals surface area contributed by atoms with Crippen LogP contribution in [0.4, 0.5) is 13.2 Å². The summed E-state index contributed by atoms with van der Waals surface area (Å²) in [5.41, 5.74) is -0.991. The van der Waals surface area contributed by atoms with Gasteiger partial charge in [0, 0.05) is 5.92 Å². The minimum atomic E-state index is -4.55. The molecule has 0 unspecified atom stereocenters. The lowest BCUT2D eigenvalue weighted by atomic mass is 10.2. The molecule has 4 nitrogen and oxygen atoms in total. The van der Waals surface area contributed by atoms with Crippen molar-refractivity contribution < 1.29 is 22.7 Å². The van der Waals surface area contributed by atoms with Crippen molar-refractivity contribution in [1.29, 1.82) is 0 Å². The second-order valence-electron chi connectivity index (χ2n) is 4.80. The van der Waals surface area contributed by atoms with E-state index in [-0.39, 0.29) is 20.7 Å². The number of aromatic nitrogens is 2. The molecule has 0 spiro atoms. The number of rotatable bonds is 4. The second-order valence-corrected chi connectivity index (χ2v) is 7.15. The van der Waals surface area contributed by atoms with Gasteiger partial charge in [0.15, 0.2) is 5.69 Å². The van der Waals surface area contributed by atoms with E-state index in [0.717, 1.165) is 16.3 Å². The fourth-order valence-corrected chi connectivity index (χ4v) is 3.32. The van der Waals surface area contributed by atoms with Crippen LogP contribution < -0.4 is 0 Å². The van der Waals surface area contributed by atoms with Gasteiger partial charge < -0.3 is 4.74 Å². The molecule has 22 heavy (non-hydrogen) atoms. The minimum Gasteiger partial charge on any atom is -0.456 e. The Bertz CT molecular complexity index is 677. The molecule has 0 aromatic carbocycles. The number of carbonyl (C=O) groups excluding carboxylic acids is 1. The molecule has 9 heteroatoms. The van der Waals surface area contributed by atoms with E-state index in [2.05, 4.69) is 9.97 Å². The molecule has 0 fully saturated rings. The van der Waals surface area contributed by atoms with E-state index in [9.17, 15) is 18.0 Å². The first-order valence-electron chi connectivity index (χ1n) is 6.34. The molecule has 2 rings (SSSR count). The molecule has 0 saturated carbocycles. The van der Waals surface area contributed by atoms with Crippen molar-refractivity contribution in [2.24, 2.45) is 0 Å². The molecule has 0 radical (unpaired) electrons. The molecule has 0 atom stereocenters. The Morgan fingerprint density at radius 1 is 1.36 bits per heavy atom. The Morgan fingerprint density at radius 2 is 2.05 bits per heavy atom. The van der Waals surface area contributed by atoms with Crippen LogP contribution in [0.15, 0.2) is 6.20 Å². The van der Waals surface area contributed by atoms with Gasteiger partial charge in [-0.25, -0.2) is 14.8 Å². The number of esters is 1. The SMILES string of the molecule is Cc1nc(C(F)(F)F)c(COC(=O)c2cnc(C(C)C)s2)s1. The highest BCUT2D eigenvalue weighted by molar-refractivity contribution is 7.13. The van der Waals surface area contributed by atoms with Crippen LogP contribution in [-0.2, 0) is 17.5 Å². The van der Waals surface area contributed by atoms with Crippen molar-refractivity contribution >= 4 is 28.6 Å². The zero-order chi connectivity index (χ0) is 16.5. The van der Waals surface area contributed by atoms with Crippen LogP contribution in [-0.4, -0.2) is 15.9 Å². The molecular weight excluding hydrogens is 337 g/mol. The number of hydrogen-bond donors (Lipinski definition) is 0. The van der Waals surface area contributed by atoms with Crippen molar-refractivity contribution in [3.05, 3.63) is 31.7 Å². The molecule has 0 aliphatic carbocycles. The Hall–Kier alpha value is -1.48. The fourth-order valence-electron chi connectivity index (χ4n) is 1.64. The second kappa shape index (κ2) is 6.33. The fraction of sp³-hybridized carbons (Fsp3) is 0.462. The van der Waals surface area contributed by atoms with E-state index in [1.165, 1.54) is 24.5 Å². The topological polar surface area (TPSA) is 52.1 Å². The van der Waals surface area contributed by atoms with E-state index in [0.29, 0.717) is 0 Å². The molecule has 0 aliphatic rings. The number of nitrogens with zero attached hydrogens (tertiary/aromatic N) is 2. The molecule has 0 amide bonds. The van der Waals surface area contributed by atoms with E-state index in [1.807, 2.05) is 13.8 Å². The Morgan fingerprint density at radius 3 is 2.59 bits per heavy atom. The molecule has 0 saturated heterocycles. The van der Waals surface area contributed by atoms with Gasteiger partial charge in [-0.2, -0.15) is 13.2 Å². The average Bonchev–Trinajstić information content (AvgIpc) is 3.01. The van der Waals surface area contributed by atoms with Gasteiger partial charge in [-0.3, -0.25) is 0 Å². The number of aryl methyl sites for hydroxylation is 1. The number of ether oxygens (including phenoxy) is 1. The average molecular weight is 350 g/mol. The number of carbonyl (C=O) groups is 1. The van der Waals surface area contributed by atoms with Gasteiger partial charge in [-0.1, -0.05) is 13.8 Å². The zero-order valence-corrected chi connectivity index (χ0v) is 13.7.